The fourth-order valence-corrected chi connectivity index (χ4v) is 12.9. The van der Waals surface area contributed by atoms with Crippen LogP contribution in [0.4, 0.5) is 0 Å². The van der Waals surface area contributed by atoms with Crippen LogP contribution in [0.25, 0.3) is 0 Å². The molecule has 0 radical (unpaired) electrons. The molecule has 0 spiro atoms. The minimum atomic E-state index is -1.58. The number of rotatable bonds is 7. The molecule has 1 aromatic rings. The quantitative estimate of drug-likeness (QED) is 0.351. The van der Waals surface area contributed by atoms with E-state index in [4.69, 9.17) is 9.47 Å². The predicted octanol–water partition coefficient (Wildman–Crippen LogP) is 7.42. The van der Waals surface area contributed by atoms with Gasteiger partial charge in [0.25, 0.3) is 0 Å². The fourth-order valence-electron chi connectivity index (χ4n) is 7.39. The first kappa shape index (κ1) is 20.1. The van der Waals surface area contributed by atoms with Crippen molar-refractivity contribution in [3.8, 4) is 11.5 Å². The fraction of sp³-hybridized carbons (Fsp3) is 0.680. The van der Waals surface area contributed by atoms with Gasteiger partial charge in [0.1, 0.15) is 11.5 Å². The van der Waals surface area contributed by atoms with Crippen LogP contribution >= 0.6 is 0 Å². The van der Waals surface area contributed by atoms with Crippen molar-refractivity contribution in [2.75, 3.05) is 7.11 Å². The van der Waals surface area contributed by atoms with Crippen molar-refractivity contribution in [3.05, 3.63) is 35.2 Å². The molecule has 3 aliphatic rings. The summed E-state index contributed by atoms with van der Waals surface area (Å²) in [5, 5.41) is 0. The zero-order chi connectivity index (χ0) is 20.2. The van der Waals surface area contributed by atoms with Crippen LogP contribution in [0.15, 0.2) is 24.1 Å². The van der Waals surface area contributed by atoms with Crippen molar-refractivity contribution in [2.45, 2.75) is 89.3 Å². The van der Waals surface area contributed by atoms with Crippen LogP contribution in [0.1, 0.15) is 83.8 Å². The first-order valence-corrected chi connectivity index (χ1v) is 13.7. The van der Waals surface area contributed by atoms with E-state index >= 15 is 0 Å². The number of benzene rings is 1. The van der Waals surface area contributed by atoms with Gasteiger partial charge in [-0.2, -0.15) is 0 Å². The second kappa shape index (κ2) is 7.23. The number of hydrogen-bond acceptors (Lipinski definition) is 2. The highest BCUT2D eigenvalue weighted by Crippen LogP contribution is 2.71. The predicted molar refractivity (Wildman–Crippen MR) is 120 cm³/mol. The van der Waals surface area contributed by atoms with Crippen LogP contribution in [0.2, 0.25) is 16.6 Å². The highest BCUT2D eigenvalue weighted by atomic mass is 28.3. The zero-order valence-electron chi connectivity index (χ0n) is 18.8. The molecule has 2 fully saturated rings. The summed E-state index contributed by atoms with van der Waals surface area (Å²) in [5.74, 6) is 5.36. The van der Waals surface area contributed by atoms with E-state index in [1.54, 1.807) is 0 Å². The topological polar surface area (TPSA) is 18.5 Å². The van der Waals surface area contributed by atoms with Gasteiger partial charge in [0, 0.05) is 11.1 Å². The zero-order valence-corrected chi connectivity index (χ0v) is 19.8. The normalized spacial score (nSPS) is 28.2. The van der Waals surface area contributed by atoms with Crippen LogP contribution < -0.4 is 9.47 Å². The van der Waals surface area contributed by atoms with Crippen molar-refractivity contribution >= 4 is 8.07 Å². The van der Waals surface area contributed by atoms with Crippen molar-refractivity contribution in [1.82, 2.24) is 0 Å². The highest BCUT2D eigenvalue weighted by molar-refractivity contribution is 6.87. The third kappa shape index (κ3) is 2.72. The van der Waals surface area contributed by atoms with Gasteiger partial charge >= 0.3 is 0 Å². The molecule has 4 unspecified atom stereocenters. The SMILES string of the molecule is COc1ccc(O/C=C/[Si](C(C)C)(C(C)C)C(C)C)c2c1C1C3CCC(C3)C21. The van der Waals surface area contributed by atoms with Gasteiger partial charge in [-0.3, -0.25) is 0 Å². The molecule has 0 aromatic heterocycles. The molecule has 0 N–H and O–H groups in total. The molecule has 154 valence electrons. The summed E-state index contributed by atoms with van der Waals surface area (Å²) in [4.78, 5) is 0. The molecule has 28 heavy (non-hydrogen) atoms. The molecule has 4 atom stereocenters. The molecule has 0 saturated heterocycles. The largest absolute Gasteiger partial charge is 0.496 e. The number of fused-ring (bicyclic) bond motifs is 8. The van der Waals surface area contributed by atoms with Gasteiger partial charge < -0.3 is 9.47 Å². The Morgan fingerprint density at radius 2 is 1.36 bits per heavy atom. The average Bonchev–Trinajstić information content (AvgIpc) is 3.18. The second-order valence-electron chi connectivity index (χ2n) is 10.4. The van der Waals surface area contributed by atoms with Crippen molar-refractivity contribution < 1.29 is 9.47 Å². The van der Waals surface area contributed by atoms with Crippen molar-refractivity contribution in [1.29, 1.82) is 0 Å². The van der Waals surface area contributed by atoms with E-state index < -0.39 is 8.07 Å². The van der Waals surface area contributed by atoms with E-state index in [-0.39, 0.29) is 0 Å². The molecule has 3 aliphatic carbocycles. The molecule has 0 aliphatic heterocycles. The summed E-state index contributed by atoms with van der Waals surface area (Å²) in [7, 11) is 0.228. The minimum absolute atomic E-state index is 0.709. The highest BCUT2D eigenvalue weighted by Gasteiger charge is 2.57. The summed E-state index contributed by atoms with van der Waals surface area (Å²) >= 11 is 0. The van der Waals surface area contributed by atoms with Crippen molar-refractivity contribution in [3.63, 3.8) is 0 Å². The Labute approximate surface area is 172 Å². The molecule has 3 heteroatoms. The third-order valence-corrected chi connectivity index (χ3v) is 15.3. The lowest BCUT2D eigenvalue weighted by molar-refractivity contribution is 0.294. The van der Waals surface area contributed by atoms with Crippen LogP contribution in [0.5, 0.6) is 11.5 Å². The molecular formula is C25H38O2Si. The van der Waals surface area contributed by atoms with Crippen LogP contribution in [0, 0.1) is 11.8 Å². The summed E-state index contributed by atoms with van der Waals surface area (Å²) in [6.45, 7) is 14.4. The molecule has 0 heterocycles. The average molecular weight is 399 g/mol. The van der Waals surface area contributed by atoms with Gasteiger partial charge in [-0.1, -0.05) is 47.2 Å². The maximum Gasteiger partial charge on any atom is 0.130 e. The maximum absolute atomic E-state index is 6.39. The standard InChI is InChI=1S/C25H38O2Si/c1-15(2)28(16(3)4,17(5)6)13-12-27-21-11-10-20(26-7)24-22-18-8-9-19(14-18)23(22)25(21)24/h10-13,15-19,22-23H,8-9,14H2,1-7H3/b13-12+. The Bertz CT molecular complexity index is 742. The van der Waals surface area contributed by atoms with E-state index in [2.05, 4.69) is 65.6 Å². The van der Waals surface area contributed by atoms with Crippen LogP contribution in [0.3, 0.4) is 0 Å². The summed E-state index contributed by atoms with van der Waals surface area (Å²) < 4.78 is 12.1. The van der Waals surface area contributed by atoms with Crippen LogP contribution in [-0.2, 0) is 0 Å². The van der Waals surface area contributed by atoms with E-state index in [1.807, 2.05) is 7.11 Å². The van der Waals surface area contributed by atoms with Crippen LogP contribution in [-0.4, -0.2) is 15.2 Å². The summed E-state index contributed by atoms with van der Waals surface area (Å²) in [5.41, 5.74) is 7.54. The van der Waals surface area contributed by atoms with Gasteiger partial charge in [0.2, 0.25) is 0 Å². The molecule has 2 bridgehead atoms. The van der Waals surface area contributed by atoms with E-state index in [1.165, 1.54) is 30.4 Å². The molecule has 1 aromatic carbocycles. The molecule has 2 nitrogen and oxygen atoms in total. The van der Waals surface area contributed by atoms with Gasteiger partial charge in [0.15, 0.2) is 0 Å². The summed E-state index contributed by atoms with van der Waals surface area (Å²) in [6.07, 6.45) is 6.27. The number of hydrogen-bond donors (Lipinski definition) is 0. The number of methoxy groups -OCH3 is 1. The monoisotopic (exact) mass is 398 g/mol. The Morgan fingerprint density at radius 3 is 1.86 bits per heavy atom. The Hall–Kier alpha value is -1.22. The molecular weight excluding hydrogens is 360 g/mol. The molecule has 4 rings (SSSR count). The lowest BCUT2D eigenvalue weighted by Gasteiger charge is -2.44. The Kier molecular flexibility index (Phi) is 5.18. The summed E-state index contributed by atoms with van der Waals surface area (Å²) in [6, 6.07) is 4.27. The van der Waals surface area contributed by atoms with Gasteiger partial charge in [-0.05, 0) is 71.7 Å². The van der Waals surface area contributed by atoms with E-state index in [0.717, 1.165) is 35.2 Å². The first-order chi connectivity index (χ1) is 13.3. The lowest BCUT2D eigenvalue weighted by Crippen LogP contribution is -2.42. The molecule has 2 saturated carbocycles. The smallest absolute Gasteiger partial charge is 0.130 e. The maximum atomic E-state index is 6.39. The van der Waals surface area contributed by atoms with Crippen molar-refractivity contribution in [2.24, 2.45) is 11.8 Å². The van der Waals surface area contributed by atoms with E-state index in [0.29, 0.717) is 16.6 Å². The third-order valence-electron chi connectivity index (χ3n) is 8.56. The van der Waals surface area contributed by atoms with Gasteiger partial charge in [0.05, 0.1) is 21.4 Å². The van der Waals surface area contributed by atoms with Gasteiger partial charge in [-0.25, -0.2) is 0 Å². The van der Waals surface area contributed by atoms with E-state index in [9.17, 15) is 0 Å². The Balaban J connectivity index is 1.64. The first-order valence-electron chi connectivity index (χ1n) is 11.4. The lowest BCUT2D eigenvalue weighted by atomic mass is 9.61. The molecule has 0 amide bonds. The Morgan fingerprint density at radius 1 is 0.857 bits per heavy atom. The minimum Gasteiger partial charge on any atom is -0.496 e. The number of ether oxygens (including phenoxy) is 2. The second-order valence-corrected chi connectivity index (χ2v) is 16.2. The van der Waals surface area contributed by atoms with Gasteiger partial charge in [-0.15, -0.1) is 0 Å².